The van der Waals surface area contributed by atoms with E-state index in [9.17, 15) is 4.79 Å². The first-order valence-electron chi connectivity index (χ1n) is 14.6. The molecular weight excluding hydrogens is 540 g/mol. The van der Waals surface area contributed by atoms with E-state index in [1.54, 1.807) is 19.3 Å². The summed E-state index contributed by atoms with van der Waals surface area (Å²) in [6, 6.07) is 18.2. The van der Waals surface area contributed by atoms with E-state index in [-0.39, 0.29) is 11.8 Å². The van der Waals surface area contributed by atoms with Crippen molar-refractivity contribution in [1.29, 1.82) is 0 Å². The number of anilines is 1. The molecule has 4 heterocycles. The van der Waals surface area contributed by atoms with E-state index in [0.717, 1.165) is 78.4 Å². The number of likely N-dealkylation sites (tertiary alicyclic amines) is 2. The van der Waals surface area contributed by atoms with E-state index in [4.69, 9.17) is 15.2 Å². The number of para-hydroxylation sites is 1. The Morgan fingerprint density at radius 1 is 1.05 bits per heavy atom. The average Bonchev–Trinajstić information content (AvgIpc) is 3.30. The van der Waals surface area contributed by atoms with E-state index in [2.05, 4.69) is 26.7 Å². The number of aromatic nitrogens is 3. The lowest BCUT2D eigenvalue weighted by Gasteiger charge is -2.45. The summed E-state index contributed by atoms with van der Waals surface area (Å²) in [5, 5.41) is 0.805. The van der Waals surface area contributed by atoms with Crippen LogP contribution in [0.2, 0.25) is 0 Å². The van der Waals surface area contributed by atoms with Gasteiger partial charge in [0.25, 0.3) is 0 Å². The lowest BCUT2D eigenvalue weighted by atomic mass is 9.93. The van der Waals surface area contributed by atoms with Gasteiger partial charge in [0.2, 0.25) is 5.91 Å². The quantitative estimate of drug-likeness (QED) is 0.256. The molecule has 0 bridgehead atoms. The molecule has 2 N–H and O–H groups in total. The topological polar surface area (TPSA) is 98.7 Å². The second-order valence-corrected chi connectivity index (χ2v) is 11.0. The van der Waals surface area contributed by atoms with Crippen LogP contribution in [0.3, 0.4) is 0 Å². The Bertz CT molecular complexity index is 1670. The van der Waals surface area contributed by atoms with Crippen molar-refractivity contribution in [1.82, 2.24) is 24.3 Å². The summed E-state index contributed by atoms with van der Waals surface area (Å²) in [4.78, 5) is 25.6. The maximum absolute atomic E-state index is 12.4. The molecule has 2 aliphatic heterocycles. The van der Waals surface area contributed by atoms with Gasteiger partial charge in [-0.15, -0.1) is 0 Å². The van der Waals surface area contributed by atoms with E-state index in [0.29, 0.717) is 18.5 Å². The van der Waals surface area contributed by atoms with Crippen molar-refractivity contribution < 1.29 is 14.3 Å². The van der Waals surface area contributed by atoms with Gasteiger partial charge in [0.15, 0.2) is 0 Å². The SMILES string of the molecule is COC/C=C/C(=O)N1CCC(N2CC(C#Cc3c(-c4ccc(Oc5ccccc5)cc4)c4c(N)ncnc4n3C)C2)CC1. The highest BCUT2D eigenvalue weighted by atomic mass is 16.5. The number of nitrogens with zero attached hydrogens (tertiary/aromatic N) is 5. The standard InChI is InChI=1S/C34H36N6O3/c1-38-29(15-10-24-21-40(22-24)26-16-18-39(19-17-26)30(41)9-6-20-42-2)31(32-33(35)36-23-37-34(32)38)25-11-13-28(14-12-25)43-27-7-4-3-5-8-27/h3-9,11-14,23-24,26H,16-22H2,1-2H3,(H2,35,36,37)/b9-6+. The van der Waals surface area contributed by atoms with Crippen molar-refractivity contribution in [3.63, 3.8) is 0 Å². The van der Waals surface area contributed by atoms with Crippen LogP contribution in [0, 0.1) is 17.8 Å². The van der Waals surface area contributed by atoms with Gasteiger partial charge < -0.3 is 24.7 Å². The van der Waals surface area contributed by atoms with E-state index in [1.807, 2.05) is 71.1 Å². The van der Waals surface area contributed by atoms with Gasteiger partial charge in [0, 0.05) is 63.9 Å². The number of rotatable bonds is 7. The molecule has 0 unspecified atom stereocenters. The Labute approximate surface area is 251 Å². The minimum absolute atomic E-state index is 0.0669. The van der Waals surface area contributed by atoms with Crippen LogP contribution in [0.1, 0.15) is 18.5 Å². The molecule has 6 rings (SSSR count). The molecule has 2 aromatic heterocycles. The zero-order valence-electron chi connectivity index (χ0n) is 24.6. The Balaban J connectivity index is 1.16. The van der Waals surface area contributed by atoms with Gasteiger partial charge in [0.05, 0.1) is 12.0 Å². The van der Waals surface area contributed by atoms with Gasteiger partial charge in [-0.3, -0.25) is 9.69 Å². The second-order valence-electron chi connectivity index (χ2n) is 11.0. The first-order valence-corrected chi connectivity index (χ1v) is 14.6. The molecule has 0 spiro atoms. The maximum Gasteiger partial charge on any atom is 0.246 e. The molecule has 43 heavy (non-hydrogen) atoms. The number of benzene rings is 2. The average molecular weight is 577 g/mol. The lowest BCUT2D eigenvalue weighted by molar-refractivity contribution is -0.127. The van der Waals surface area contributed by atoms with E-state index >= 15 is 0 Å². The van der Waals surface area contributed by atoms with Gasteiger partial charge in [-0.05, 0) is 48.6 Å². The summed E-state index contributed by atoms with van der Waals surface area (Å²) in [6.07, 6.45) is 6.85. The molecule has 2 saturated heterocycles. The molecule has 4 aromatic rings. The molecule has 2 fully saturated rings. The molecule has 0 atom stereocenters. The molecule has 9 nitrogen and oxygen atoms in total. The number of piperidine rings is 1. The number of methoxy groups -OCH3 is 1. The minimum atomic E-state index is 0.0669. The molecule has 220 valence electrons. The van der Waals surface area contributed by atoms with Crippen LogP contribution in [0.5, 0.6) is 11.5 Å². The van der Waals surface area contributed by atoms with Gasteiger partial charge in [0.1, 0.15) is 35.0 Å². The fraction of sp³-hybridized carbons (Fsp3) is 0.324. The van der Waals surface area contributed by atoms with Crippen molar-refractivity contribution in [2.45, 2.75) is 18.9 Å². The number of hydrogen-bond acceptors (Lipinski definition) is 7. The molecule has 0 saturated carbocycles. The first kappa shape index (κ1) is 28.5. The number of carbonyl (C=O) groups excluding carboxylic acids is 1. The van der Waals surface area contributed by atoms with Crippen LogP contribution in [-0.2, 0) is 16.6 Å². The summed E-state index contributed by atoms with van der Waals surface area (Å²) in [5.41, 5.74) is 9.91. The summed E-state index contributed by atoms with van der Waals surface area (Å²) < 4.78 is 13.0. The summed E-state index contributed by atoms with van der Waals surface area (Å²) in [5.74, 6) is 9.33. The third kappa shape index (κ3) is 6.12. The highest BCUT2D eigenvalue weighted by Crippen LogP contribution is 2.37. The van der Waals surface area contributed by atoms with Crippen LogP contribution in [-0.4, -0.2) is 76.2 Å². The zero-order chi connectivity index (χ0) is 29.8. The van der Waals surface area contributed by atoms with Crippen LogP contribution < -0.4 is 10.5 Å². The number of nitrogen functional groups attached to an aromatic ring is 1. The highest BCUT2D eigenvalue weighted by molar-refractivity contribution is 6.03. The molecular formula is C34H36N6O3. The van der Waals surface area contributed by atoms with Crippen LogP contribution >= 0.6 is 0 Å². The van der Waals surface area contributed by atoms with Gasteiger partial charge in [-0.1, -0.05) is 42.3 Å². The number of aryl methyl sites for hydroxylation is 1. The number of hydrogen-bond donors (Lipinski definition) is 1. The summed E-state index contributed by atoms with van der Waals surface area (Å²) >= 11 is 0. The largest absolute Gasteiger partial charge is 0.457 e. The Hall–Kier alpha value is -4.65. The Morgan fingerprint density at radius 2 is 1.77 bits per heavy atom. The number of ether oxygens (including phenoxy) is 2. The van der Waals surface area contributed by atoms with Gasteiger partial charge in [-0.25, -0.2) is 9.97 Å². The maximum atomic E-state index is 12.4. The predicted octanol–water partition coefficient (Wildman–Crippen LogP) is 4.49. The van der Waals surface area contributed by atoms with Crippen molar-refractivity contribution in [3.05, 3.63) is 78.8 Å². The summed E-state index contributed by atoms with van der Waals surface area (Å²) in [6.45, 7) is 3.89. The molecule has 0 radical (unpaired) electrons. The molecule has 2 aromatic carbocycles. The number of amides is 1. The number of nitrogens with two attached hydrogens (primary N) is 1. The van der Waals surface area contributed by atoms with Gasteiger partial charge >= 0.3 is 0 Å². The Morgan fingerprint density at radius 3 is 2.49 bits per heavy atom. The molecule has 1 amide bonds. The van der Waals surface area contributed by atoms with Gasteiger partial charge in [-0.2, -0.15) is 0 Å². The predicted molar refractivity (Wildman–Crippen MR) is 167 cm³/mol. The second kappa shape index (κ2) is 12.7. The van der Waals surface area contributed by atoms with Crippen LogP contribution in [0.15, 0.2) is 73.1 Å². The molecule has 2 aliphatic rings. The van der Waals surface area contributed by atoms with Crippen LogP contribution in [0.4, 0.5) is 5.82 Å². The van der Waals surface area contributed by atoms with Crippen molar-refractivity contribution in [2.24, 2.45) is 13.0 Å². The fourth-order valence-corrected chi connectivity index (χ4v) is 5.89. The van der Waals surface area contributed by atoms with E-state index in [1.165, 1.54) is 6.33 Å². The number of fused-ring (bicyclic) bond motifs is 1. The smallest absolute Gasteiger partial charge is 0.246 e. The molecule has 0 aliphatic carbocycles. The first-order chi connectivity index (χ1) is 21.0. The zero-order valence-corrected chi connectivity index (χ0v) is 24.6. The minimum Gasteiger partial charge on any atom is -0.457 e. The van der Waals surface area contributed by atoms with Crippen LogP contribution in [0.25, 0.3) is 22.2 Å². The lowest BCUT2D eigenvalue weighted by Crippen LogP contribution is -2.55. The molecule has 9 heteroatoms. The number of carbonyl (C=O) groups is 1. The summed E-state index contributed by atoms with van der Waals surface area (Å²) in [7, 11) is 3.60. The fourth-order valence-electron chi connectivity index (χ4n) is 5.89. The van der Waals surface area contributed by atoms with Crippen molar-refractivity contribution in [3.8, 4) is 34.5 Å². The van der Waals surface area contributed by atoms with Crippen molar-refractivity contribution >= 4 is 22.8 Å². The van der Waals surface area contributed by atoms with Crippen molar-refractivity contribution in [2.75, 3.05) is 45.6 Å². The normalized spacial score (nSPS) is 16.3. The van der Waals surface area contributed by atoms with E-state index < -0.39 is 0 Å². The monoisotopic (exact) mass is 576 g/mol. The highest BCUT2D eigenvalue weighted by Gasteiger charge is 2.34. The third-order valence-corrected chi connectivity index (χ3v) is 8.24. The third-order valence-electron chi connectivity index (χ3n) is 8.24. The Kier molecular flexibility index (Phi) is 8.40.